The van der Waals surface area contributed by atoms with Crippen LogP contribution in [0.1, 0.15) is 33.1 Å². The summed E-state index contributed by atoms with van der Waals surface area (Å²) in [6, 6.07) is -0.0209. The number of halogens is 1. The van der Waals surface area contributed by atoms with Crippen LogP contribution in [-0.2, 0) is 10.0 Å². The van der Waals surface area contributed by atoms with Gasteiger partial charge in [0.2, 0.25) is 10.0 Å². The molecule has 0 aliphatic carbocycles. The second-order valence-corrected chi connectivity index (χ2v) is 6.08. The summed E-state index contributed by atoms with van der Waals surface area (Å²) in [5.41, 5.74) is 0. The van der Waals surface area contributed by atoms with E-state index in [1.165, 1.54) is 4.31 Å². The van der Waals surface area contributed by atoms with Gasteiger partial charge in [-0.25, -0.2) is 8.42 Å². The van der Waals surface area contributed by atoms with Crippen molar-refractivity contribution in [3.63, 3.8) is 0 Å². The molecule has 0 rings (SSSR count). The summed E-state index contributed by atoms with van der Waals surface area (Å²) in [6.45, 7) is 3.94. The Morgan fingerprint density at radius 3 is 2.25 bits per heavy atom. The van der Waals surface area contributed by atoms with Crippen LogP contribution in [0.4, 0.5) is 0 Å². The zero-order valence-electron chi connectivity index (χ0n) is 10.0. The van der Waals surface area contributed by atoms with Crippen LogP contribution in [-0.4, -0.2) is 48.7 Å². The maximum atomic E-state index is 12.0. The quantitative estimate of drug-likeness (QED) is 0.646. The lowest BCUT2D eigenvalue weighted by molar-refractivity contribution is 0.219. The minimum atomic E-state index is -3.28. The molecule has 0 heterocycles. The smallest absolute Gasteiger partial charge is 0.214 e. The average molecular weight is 272 g/mol. The Kier molecular flexibility index (Phi) is 8.36. The number of hydrogen-bond acceptors (Lipinski definition) is 3. The summed E-state index contributed by atoms with van der Waals surface area (Å²) in [6.07, 6.45) is 1.97. The van der Waals surface area contributed by atoms with Crippen LogP contribution in [0.5, 0.6) is 0 Å². The second-order valence-electron chi connectivity index (χ2n) is 3.66. The van der Waals surface area contributed by atoms with Crippen LogP contribution >= 0.6 is 11.6 Å². The van der Waals surface area contributed by atoms with Gasteiger partial charge >= 0.3 is 0 Å². The molecule has 6 heteroatoms. The van der Waals surface area contributed by atoms with Crippen LogP contribution in [0.3, 0.4) is 0 Å². The fourth-order valence-electron chi connectivity index (χ4n) is 1.70. The van der Waals surface area contributed by atoms with E-state index in [0.29, 0.717) is 12.3 Å². The lowest BCUT2D eigenvalue weighted by atomic mass is 10.2. The van der Waals surface area contributed by atoms with Gasteiger partial charge in [0.05, 0.1) is 12.4 Å². The van der Waals surface area contributed by atoms with E-state index >= 15 is 0 Å². The molecule has 0 saturated carbocycles. The second kappa shape index (κ2) is 8.28. The van der Waals surface area contributed by atoms with Gasteiger partial charge in [-0.1, -0.05) is 13.8 Å². The molecule has 0 spiro atoms. The van der Waals surface area contributed by atoms with Crippen LogP contribution < -0.4 is 0 Å². The molecule has 16 heavy (non-hydrogen) atoms. The topological polar surface area (TPSA) is 57.6 Å². The molecule has 0 aliphatic heterocycles. The SMILES string of the molecule is CCC(CC)N(CCO)S(=O)(=O)CCCCl. The van der Waals surface area contributed by atoms with Crippen molar-refractivity contribution < 1.29 is 13.5 Å². The monoisotopic (exact) mass is 271 g/mol. The van der Waals surface area contributed by atoms with E-state index in [1.807, 2.05) is 13.8 Å². The van der Waals surface area contributed by atoms with Crippen LogP contribution in [0.25, 0.3) is 0 Å². The molecule has 0 atom stereocenters. The van der Waals surface area contributed by atoms with Gasteiger partial charge in [0.25, 0.3) is 0 Å². The summed E-state index contributed by atoms with van der Waals surface area (Å²) >= 11 is 5.50. The molecule has 98 valence electrons. The molecule has 0 fully saturated rings. The van der Waals surface area contributed by atoms with E-state index in [0.717, 1.165) is 12.8 Å². The van der Waals surface area contributed by atoms with E-state index in [4.69, 9.17) is 16.7 Å². The van der Waals surface area contributed by atoms with E-state index in [9.17, 15) is 8.42 Å². The Morgan fingerprint density at radius 1 is 1.31 bits per heavy atom. The maximum absolute atomic E-state index is 12.0. The van der Waals surface area contributed by atoms with E-state index in [2.05, 4.69) is 0 Å². The number of aliphatic hydroxyl groups excluding tert-OH is 1. The molecule has 0 saturated heterocycles. The first kappa shape index (κ1) is 16.2. The molecule has 0 aromatic heterocycles. The third kappa shape index (κ3) is 4.99. The highest BCUT2D eigenvalue weighted by Gasteiger charge is 2.26. The van der Waals surface area contributed by atoms with Gasteiger partial charge in [0.15, 0.2) is 0 Å². The number of alkyl halides is 1. The molecule has 4 nitrogen and oxygen atoms in total. The standard InChI is InChI=1S/C10H22ClNO3S/c1-3-10(4-2)12(7-8-13)16(14,15)9-5-6-11/h10,13H,3-9H2,1-2H3. The third-order valence-electron chi connectivity index (χ3n) is 2.56. The molecule has 0 aromatic carbocycles. The van der Waals surface area contributed by atoms with Crippen LogP contribution in [0.15, 0.2) is 0 Å². The van der Waals surface area contributed by atoms with Gasteiger partial charge in [-0.15, -0.1) is 11.6 Å². The normalized spacial score (nSPS) is 12.6. The van der Waals surface area contributed by atoms with Crippen molar-refractivity contribution >= 4 is 21.6 Å². The Bertz CT molecular complexity index is 265. The fourth-order valence-corrected chi connectivity index (χ4v) is 3.85. The van der Waals surface area contributed by atoms with Crippen molar-refractivity contribution in [1.29, 1.82) is 0 Å². The highest BCUT2D eigenvalue weighted by Crippen LogP contribution is 2.14. The predicted octanol–water partition coefficient (Wildman–Crippen LogP) is 1.43. The molecule has 0 aliphatic rings. The van der Waals surface area contributed by atoms with Crippen molar-refractivity contribution in [1.82, 2.24) is 4.31 Å². The molecular weight excluding hydrogens is 250 g/mol. The predicted molar refractivity (Wildman–Crippen MR) is 67.3 cm³/mol. The summed E-state index contributed by atoms with van der Waals surface area (Å²) in [4.78, 5) is 0. The highest BCUT2D eigenvalue weighted by molar-refractivity contribution is 7.89. The van der Waals surface area contributed by atoms with Crippen LogP contribution in [0.2, 0.25) is 0 Å². The number of rotatable bonds is 9. The summed E-state index contributed by atoms with van der Waals surface area (Å²) in [5, 5.41) is 8.93. The largest absolute Gasteiger partial charge is 0.395 e. The highest BCUT2D eigenvalue weighted by atomic mass is 35.5. The van der Waals surface area contributed by atoms with Crippen molar-refractivity contribution in [3.8, 4) is 0 Å². The molecular formula is C10H22ClNO3S. The van der Waals surface area contributed by atoms with Crippen molar-refractivity contribution in [3.05, 3.63) is 0 Å². The third-order valence-corrected chi connectivity index (χ3v) is 4.83. The number of aliphatic hydroxyl groups is 1. The molecule has 0 aromatic rings. The van der Waals surface area contributed by atoms with E-state index in [-0.39, 0.29) is 24.9 Å². The summed E-state index contributed by atoms with van der Waals surface area (Å²) in [7, 11) is -3.28. The maximum Gasteiger partial charge on any atom is 0.214 e. The Morgan fingerprint density at radius 2 is 1.88 bits per heavy atom. The van der Waals surface area contributed by atoms with Crippen molar-refractivity contribution in [2.24, 2.45) is 0 Å². The van der Waals surface area contributed by atoms with Gasteiger partial charge in [0, 0.05) is 18.5 Å². The first-order chi connectivity index (χ1) is 7.53. The first-order valence-electron chi connectivity index (χ1n) is 5.69. The number of nitrogens with zero attached hydrogens (tertiary/aromatic N) is 1. The minimum Gasteiger partial charge on any atom is -0.395 e. The minimum absolute atomic E-state index is 0.0209. The number of hydrogen-bond donors (Lipinski definition) is 1. The van der Waals surface area contributed by atoms with Crippen LogP contribution in [0, 0.1) is 0 Å². The molecule has 0 radical (unpaired) electrons. The number of sulfonamides is 1. The van der Waals surface area contributed by atoms with Gasteiger partial charge in [-0.3, -0.25) is 0 Å². The first-order valence-corrected chi connectivity index (χ1v) is 7.84. The summed E-state index contributed by atoms with van der Waals surface area (Å²) < 4.78 is 25.4. The van der Waals surface area contributed by atoms with Gasteiger partial charge in [0.1, 0.15) is 0 Å². The zero-order valence-corrected chi connectivity index (χ0v) is 11.6. The van der Waals surface area contributed by atoms with Gasteiger partial charge in [-0.2, -0.15) is 4.31 Å². The van der Waals surface area contributed by atoms with Crippen molar-refractivity contribution in [2.45, 2.75) is 39.2 Å². The zero-order chi connectivity index (χ0) is 12.6. The van der Waals surface area contributed by atoms with Crippen molar-refractivity contribution in [2.75, 3.05) is 24.8 Å². The summed E-state index contributed by atoms with van der Waals surface area (Å²) in [5.74, 6) is 0.405. The Balaban J connectivity index is 4.73. The Labute approximate surface area is 104 Å². The lowest BCUT2D eigenvalue weighted by Crippen LogP contribution is -2.42. The Hall–Kier alpha value is 0.160. The lowest BCUT2D eigenvalue weighted by Gasteiger charge is -2.28. The molecule has 1 N–H and O–H groups in total. The molecule has 0 unspecified atom stereocenters. The molecule has 0 amide bonds. The fraction of sp³-hybridized carbons (Fsp3) is 1.00. The average Bonchev–Trinajstić information content (AvgIpc) is 2.27. The van der Waals surface area contributed by atoms with E-state index in [1.54, 1.807) is 0 Å². The van der Waals surface area contributed by atoms with Gasteiger partial charge < -0.3 is 5.11 Å². The van der Waals surface area contributed by atoms with Gasteiger partial charge in [-0.05, 0) is 19.3 Å². The van der Waals surface area contributed by atoms with E-state index < -0.39 is 10.0 Å². The molecule has 0 bridgehead atoms.